The molecule has 8 heteroatoms. The number of carbonyl (C=O) groups is 1. The van der Waals surface area contributed by atoms with Crippen LogP contribution in [0.2, 0.25) is 0 Å². The lowest BCUT2D eigenvalue weighted by molar-refractivity contribution is -0.120. The summed E-state index contributed by atoms with van der Waals surface area (Å²) in [5, 5.41) is 3.86. The highest BCUT2D eigenvalue weighted by Gasteiger charge is 2.35. The van der Waals surface area contributed by atoms with E-state index in [0.29, 0.717) is 30.3 Å². The number of ether oxygens (including phenoxy) is 3. The van der Waals surface area contributed by atoms with Crippen LogP contribution in [-0.2, 0) is 4.79 Å². The SMILES string of the molecule is COc1ccc(NC(=O)C2CN(c3nc4c(OC)cccc4s3)C2)c(OC)c1. The highest BCUT2D eigenvalue weighted by molar-refractivity contribution is 7.22. The zero-order valence-corrected chi connectivity index (χ0v) is 16.7. The van der Waals surface area contributed by atoms with Gasteiger partial charge < -0.3 is 24.4 Å². The van der Waals surface area contributed by atoms with Gasteiger partial charge >= 0.3 is 0 Å². The maximum absolute atomic E-state index is 12.6. The van der Waals surface area contributed by atoms with Crippen molar-refractivity contribution < 1.29 is 19.0 Å². The molecule has 1 aliphatic heterocycles. The van der Waals surface area contributed by atoms with Crippen molar-refractivity contribution in [1.29, 1.82) is 0 Å². The van der Waals surface area contributed by atoms with Gasteiger partial charge in [0.05, 0.1) is 37.6 Å². The Morgan fingerprint density at radius 2 is 1.89 bits per heavy atom. The van der Waals surface area contributed by atoms with Crippen LogP contribution in [0.15, 0.2) is 36.4 Å². The smallest absolute Gasteiger partial charge is 0.231 e. The van der Waals surface area contributed by atoms with Gasteiger partial charge in [0.15, 0.2) is 5.13 Å². The minimum Gasteiger partial charge on any atom is -0.497 e. The van der Waals surface area contributed by atoms with E-state index in [2.05, 4.69) is 15.2 Å². The Morgan fingerprint density at radius 3 is 2.61 bits per heavy atom. The molecule has 2 heterocycles. The molecule has 28 heavy (non-hydrogen) atoms. The molecule has 7 nitrogen and oxygen atoms in total. The summed E-state index contributed by atoms with van der Waals surface area (Å²) in [6, 6.07) is 11.2. The van der Waals surface area contributed by atoms with E-state index in [1.807, 2.05) is 18.2 Å². The fraction of sp³-hybridized carbons (Fsp3) is 0.300. The summed E-state index contributed by atoms with van der Waals surface area (Å²) < 4.78 is 17.0. The number of aromatic nitrogens is 1. The molecule has 1 aliphatic rings. The molecule has 2 aromatic carbocycles. The summed E-state index contributed by atoms with van der Waals surface area (Å²) in [5.41, 5.74) is 1.50. The third-order valence-corrected chi connectivity index (χ3v) is 5.86. The first-order chi connectivity index (χ1) is 13.6. The number of nitrogens with zero attached hydrogens (tertiary/aromatic N) is 2. The summed E-state index contributed by atoms with van der Waals surface area (Å²) in [5.74, 6) is 1.89. The quantitative estimate of drug-likeness (QED) is 0.685. The lowest BCUT2D eigenvalue weighted by Gasteiger charge is -2.38. The van der Waals surface area contributed by atoms with Crippen molar-refractivity contribution in [2.75, 3.05) is 44.6 Å². The second kappa shape index (κ2) is 7.55. The molecular formula is C20H21N3O4S. The van der Waals surface area contributed by atoms with E-state index in [9.17, 15) is 4.79 Å². The molecule has 0 radical (unpaired) electrons. The average Bonchev–Trinajstić information content (AvgIpc) is 3.10. The van der Waals surface area contributed by atoms with Crippen molar-refractivity contribution >= 4 is 38.3 Å². The van der Waals surface area contributed by atoms with E-state index in [1.165, 1.54) is 0 Å². The van der Waals surface area contributed by atoms with Crippen LogP contribution < -0.4 is 24.4 Å². The molecule has 3 aromatic rings. The number of nitrogens with one attached hydrogen (secondary N) is 1. The van der Waals surface area contributed by atoms with Gasteiger partial charge in [-0.1, -0.05) is 17.4 Å². The van der Waals surface area contributed by atoms with E-state index in [-0.39, 0.29) is 11.8 Å². The highest BCUT2D eigenvalue weighted by Crippen LogP contribution is 2.37. The topological polar surface area (TPSA) is 72.9 Å². The van der Waals surface area contributed by atoms with Crippen molar-refractivity contribution in [2.24, 2.45) is 5.92 Å². The number of fused-ring (bicyclic) bond motifs is 1. The van der Waals surface area contributed by atoms with Gasteiger partial charge in [0, 0.05) is 19.2 Å². The summed E-state index contributed by atoms with van der Waals surface area (Å²) in [6.45, 7) is 1.26. The second-order valence-electron chi connectivity index (χ2n) is 6.46. The van der Waals surface area contributed by atoms with Gasteiger partial charge in [-0.3, -0.25) is 4.79 Å². The van der Waals surface area contributed by atoms with Crippen molar-refractivity contribution in [2.45, 2.75) is 0 Å². The minimum atomic E-state index is -0.0966. The lowest BCUT2D eigenvalue weighted by atomic mass is 10.00. The molecule has 0 unspecified atom stereocenters. The largest absolute Gasteiger partial charge is 0.497 e. The minimum absolute atomic E-state index is 0.0293. The molecule has 1 saturated heterocycles. The number of carbonyl (C=O) groups excluding carboxylic acids is 1. The zero-order valence-electron chi connectivity index (χ0n) is 15.9. The Kier molecular flexibility index (Phi) is 4.95. The Hall–Kier alpha value is -3.00. The number of hydrogen-bond acceptors (Lipinski definition) is 7. The van der Waals surface area contributed by atoms with Gasteiger partial charge in [-0.05, 0) is 24.3 Å². The maximum atomic E-state index is 12.6. The monoisotopic (exact) mass is 399 g/mol. The van der Waals surface area contributed by atoms with E-state index in [4.69, 9.17) is 14.2 Å². The maximum Gasteiger partial charge on any atom is 0.231 e. The predicted octanol–water partition coefficient (Wildman–Crippen LogP) is 3.40. The van der Waals surface area contributed by atoms with E-state index in [1.54, 1.807) is 50.9 Å². The molecule has 1 fully saturated rings. The molecule has 0 atom stereocenters. The fourth-order valence-corrected chi connectivity index (χ4v) is 4.15. The molecule has 0 bridgehead atoms. The van der Waals surface area contributed by atoms with E-state index >= 15 is 0 Å². The first-order valence-corrected chi connectivity index (χ1v) is 9.66. The van der Waals surface area contributed by atoms with E-state index < -0.39 is 0 Å². The highest BCUT2D eigenvalue weighted by atomic mass is 32.1. The van der Waals surface area contributed by atoms with Crippen LogP contribution >= 0.6 is 11.3 Å². The number of benzene rings is 2. The Bertz CT molecular complexity index is 1010. The van der Waals surface area contributed by atoms with Gasteiger partial charge in [0.2, 0.25) is 5.91 Å². The van der Waals surface area contributed by atoms with Gasteiger partial charge in [-0.15, -0.1) is 0 Å². The number of thiazole rings is 1. The van der Waals surface area contributed by atoms with Gasteiger partial charge in [-0.25, -0.2) is 4.98 Å². The van der Waals surface area contributed by atoms with Gasteiger partial charge in [-0.2, -0.15) is 0 Å². The van der Waals surface area contributed by atoms with Gasteiger partial charge in [0.1, 0.15) is 22.8 Å². The Balaban J connectivity index is 1.42. The van der Waals surface area contributed by atoms with Crippen LogP contribution in [-0.4, -0.2) is 45.3 Å². The van der Waals surface area contributed by atoms with Crippen molar-refractivity contribution in [3.05, 3.63) is 36.4 Å². The van der Waals surface area contributed by atoms with Crippen molar-refractivity contribution in [3.63, 3.8) is 0 Å². The van der Waals surface area contributed by atoms with Crippen LogP contribution in [0.5, 0.6) is 17.2 Å². The summed E-state index contributed by atoms with van der Waals surface area (Å²) in [7, 11) is 4.80. The summed E-state index contributed by atoms with van der Waals surface area (Å²) in [4.78, 5) is 19.4. The van der Waals surface area contributed by atoms with Gasteiger partial charge in [0.25, 0.3) is 0 Å². The van der Waals surface area contributed by atoms with Crippen LogP contribution in [0.3, 0.4) is 0 Å². The third-order valence-electron chi connectivity index (χ3n) is 4.78. The number of para-hydroxylation sites is 1. The molecule has 0 spiro atoms. The second-order valence-corrected chi connectivity index (χ2v) is 7.47. The first-order valence-electron chi connectivity index (χ1n) is 8.84. The molecule has 1 aromatic heterocycles. The number of methoxy groups -OCH3 is 3. The molecule has 1 N–H and O–H groups in total. The van der Waals surface area contributed by atoms with Crippen molar-refractivity contribution in [3.8, 4) is 17.2 Å². The van der Waals surface area contributed by atoms with E-state index in [0.717, 1.165) is 21.1 Å². The molecule has 0 saturated carbocycles. The standard InChI is InChI=1S/C20H21N3O4S/c1-25-13-7-8-14(16(9-13)27-3)21-19(24)12-10-23(11-12)20-22-18-15(26-2)5-4-6-17(18)28-20/h4-9,12H,10-11H2,1-3H3,(H,21,24). The fourth-order valence-electron chi connectivity index (χ4n) is 3.15. The van der Waals surface area contributed by atoms with Crippen LogP contribution in [0, 0.1) is 5.92 Å². The third kappa shape index (κ3) is 3.31. The zero-order chi connectivity index (χ0) is 19.7. The molecular weight excluding hydrogens is 378 g/mol. The number of amides is 1. The molecule has 146 valence electrons. The van der Waals surface area contributed by atoms with Crippen LogP contribution in [0.25, 0.3) is 10.2 Å². The molecule has 4 rings (SSSR count). The summed E-state index contributed by atoms with van der Waals surface area (Å²) >= 11 is 1.61. The number of rotatable bonds is 6. The van der Waals surface area contributed by atoms with Crippen LogP contribution in [0.1, 0.15) is 0 Å². The molecule has 1 amide bonds. The first kappa shape index (κ1) is 18.4. The Labute approximate surface area is 166 Å². The number of hydrogen-bond donors (Lipinski definition) is 1. The normalized spacial score (nSPS) is 13.9. The van der Waals surface area contributed by atoms with Crippen molar-refractivity contribution in [1.82, 2.24) is 4.98 Å². The molecule has 0 aliphatic carbocycles. The number of anilines is 2. The predicted molar refractivity (Wildman–Crippen MR) is 110 cm³/mol. The average molecular weight is 399 g/mol. The Morgan fingerprint density at radius 1 is 1.11 bits per heavy atom. The lowest BCUT2D eigenvalue weighted by Crippen LogP contribution is -2.52. The van der Waals surface area contributed by atoms with Crippen LogP contribution in [0.4, 0.5) is 10.8 Å². The summed E-state index contributed by atoms with van der Waals surface area (Å²) in [6.07, 6.45) is 0.